The van der Waals surface area contributed by atoms with Gasteiger partial charge in [-0.15, -0.1) is 0 Å². The lowest BCUT2D eigenvalue weighted by molar-refractivity contribution is 0.411. The van der Waals surface area contributed by atoms with Crippen molar-refractivity contribution in [3.63, 3.8) is 0 Å². The highest BCUT2D eigenvalue weighted by Crippen LogP contribution is 2.34. The van der Waals surface area contributed by atoms with Gasteiger partial charge >= 0.3 is 0 Å². The number of hydrogen-bond acceptors (Lipinski definition) is 3. The van der Waals surface area contributed by atoms with Crippen LogP contribution in [0.15, 0.2) is 40.9 Å². The molecule has 2 rings (SSSR count). The van der Waals surface area contributed by atoms with Crippen LogP contribution in [-0.2, 0) is 6.54 Å². The fraction of sp³-hybridized carbons (Fsp3) is 0.200. The van der Waals surface area contributed by atoms with Gasteiger partial charge in [-0.1, -0.05) is 6.07 Å². The standard InChI is InChI=1S/C15H15BrFNO2/c1-18-9-11-13(17)4-3-5-14(11)20-15-7-6-10(19-2)8-12(15)16/h3-8,18H,9H2,1-2H3. The predicted molar refractivity (Wildman–Crippen MR) is 79.9 cm³/mol. The Hall–Kier alpha value is -1.59. The molecule has 1 N–H and O–H groups in total. The topological polar surface area (TPSA) is 30.5 Å². The number of methoxy groups -OCH3 is 1. The van der Waals surface area contributed by atoms with E-state index < -0.39 is 0 Å². The average molecular weight is 340 g/mol. The molecule has 0 saturated carbocycles. The molecule has 2 aromatic carbocycles. The third kappa shape index (κ3) is 3.29. The predicted octanol–water partition coefficient (Wildman–Crippen LogP) is 4.11. The molecule has 0 aliphatic heterocycles. The minimum absolute atomic E-state index is 0.290. The molecule has 0 bridgehead atoms. The maximum absolute atomic E-state index is 13.8. The van der Waals surface area contributed by atoms with Gasteiger partial charge in [-0.2, -0.15) is 0 Å². The molecule has 0 saturated heterocycles. The van der Waals surface area contributed by atoms with E-state index in [0.29, 0.717) is 23.6 Å². The molecule has 0 radical (unpaired) electrons. The summed E-state index contributed by atoms with van der Waals surface area (Å²) in [5.41, 5.74) is 0.498. The fourth-order valence-corrected chi connectivity index (χ4v) is 2.23. The molecule has 0 unspecified atom stereocenters. The molecule has 5 heteroatoms. The third-order valence-corrected chi connectivity index (χ3v) is 3.41. The fourth-order valence-electron chi connectivity index (χ4n) is 1.79. The summed E-state index contributed by atoms with van der Waals surface area (Å²) in [6.07, 6.45) is 0. The van der Waals surface area contributed by atoms with Gasteiger partial charge < -0.3 is 14.8 Å². The van der Waals surface area contributed by atoms with Gasteiger partial charge in [0.2, 0.25) is 0 Å². The average Bonchev–Trinajstić information content (AvgIpc) is 2.44. The number of ether oxygens (including phenoxy) is 2. The van der Waals surface area contributed by atoms with E-state index in [1.807, 2.05) is 0 Å². The molecule has 106 valence electrons. The van der Waals surface area contributed by atoms with Crippen molar-refractivity contribution >= 4 is 15.9 Å². The number of halogens is 2. The molecule has 0 amide bonds. The summed E-state index contributed by atoms with van der Waals surface area (Å²) in [4.78, 5) is 0. The van der Waals surface area contributed by atoms with Crippen LogP contribution in [0.4, 0.5) is 4.39 Å². The van der Waals surface area contributed by atoms with E-state index in [0.717, 1.165) is 10.2 Å². The van der Waals surface area contributed by atoms with Crippen LogP contribution in [-0.4, -0.2) is 14.2 Å². The first-order valence-electron chi connectivity index (χ1n) is 6.09. The van der Waals surface area contributed by atoms with E-state index in [4.69, 9.17) is 9.47 Å². The Balaban J connectivity index is 2.32. The summed E-state index contributed by atoms with van der Waals surface area (Å²) in [5.74, 6) is 1.53. The minimum atomic E-state index is -0.290. The zero-order valence-corrected chi connectivity index (χ0v) is 12.8. The SMILES string of the molecule is CNCc1c(F)cccc1Oc1ccc(OC)cc1Br. The first-order valence-corrected chi connectivity index (χ1v) is 6.88. The second kappa shape index (κ2) is 6.72. The van der Waals surface area contributed by atoms with Gasteiger partial charge in [0.1, 0.15) is 23.1 Å². The molecule has 0 spiro atoms. The Labute approximate surface area is 125 Å². The van der Waals surface area contributed by atoms with E-state index >= 15 is 0 Å². The van der Waals surface area contributed by atoms with Crippen LogP contribution >= 0.6 is 15.9 Å². The van der Waals surface area contributed by atoms with Gasteiger partial charge in [-0.25, -0.2) is 4.39 Å². The quantitative estimate of drug-likeness (QED) is 0.889. The molecule has 2 aromatic rings. The normalized spacial score (nSPS) is 10.4. The Morgan fingerprint density at radius 2 is 2.00 bits per heavy atom. The van der Waals surface area contributed by atoms with Crippen molar-refractivity contribution in [1.29, 1.82) is 0 Å². The smallest absolute Gasteiger partial charge is 0.141 e. The number of rotatable bonds is 5. The number of hydrogen-bond donors (Lipinski definition) is 1. The Morgan fingerprint density at radius 1 is 1.20 bits per heavy atom. The van der Waals surface area contributed by atoms with Crippen molar-refractivity contribution in [2.24, 2.45) is 0 Å². The third-order valence-electron chi connectivity index (χ3n) is 2.79. The first kappa shape index (κ1) is 14.8. The summed E-state index contributed by atoms with van der Waals surface area (Å²) in [6.45, 7) is 0.399. The lowest BCUT2D eigenvalue weighted by Crippen LogP contribution is -2.08. The maximum Gasteiger partial charge on any atom is 0.141 e. The molecule has 3 nitrogen and oxygen atoms in total. The van der Waals surface area contributed by atoms with E-state index in [1.165, 1.54) is 6.07 Å². The van der Waals surface area contributed by atoms with Crippen LogP contribution in [0, 0.1) is 5.82 Å². The molecular weight excluding hydrogens is 325 g/mol. The summed E-state index contributed by atoms with van der Waals surface area (Å²) in [5, 5.41) is 2.93. The van der Waals surface area contributed by atoms with E-state index in [-0.39, 0.29) is 5.82 Å². The Morgan fingerprint density at radius 3 is 2.65 bits per heavy atom. The van der Waals surface area contributed by atoms with Crippen LogP contribution in [0.1, 0.15) is 5.56 Å². The molecule has 0 heterocycles. The van der Waals surface area contributed by atoms with Crippen molar-refractivity contribution in [3.05, 3.63) is 52.3 Å². The maximum atomic E-state index is 13.8. The molecule has 20 heavy (non-hydrogen) atoms. The zero-order chi connectivity index (χ0) is 14.5. The van der Waals surface area contributed by atoms with Gasteiger partial charge in [0, 0.05) is 12.1 Å². The molecule has 0 aliphatic carbocycles. The molecule has 0 aliphatic rings. The lowest BCUT2D eigenvalue weighted by atomic mass is 10.2. The van der Waals surface area contributed by atoms with Crippen LogP contribution in [0.25, 0.3) is 0 Å². The monoisotopic (exact) mass is 339 g/mol. The Kier molecular flexibility index (Phi) is 4.98. The highest BCUT2D eigenvalue weighted by atomic mass is 79.9. The summed E-state index contributed by atoms with van der Waals surface area (Å²) < 4.78 is 25.5. The van der Waals surface area contributed by atoms with Gasteiger partial charge in [0.05, 0.1) is 11.6 Å². The minimum Gasteiger partial charge on any atom is -0.497 e. The van der Waals surface area contributed by atoms with Gasteiger partial charge in [0.15, 0.2) is 0 Å². The highest BCUT2D eigenvalue weighted by molar-refractivity contribution is 9.10. The van der Waals surface area contributed by atoms with Gasteiger partial charge in [0.25, 0.3) is 0 Å². The van der Waals surface area contributed by atoms with Crippen molar-refractivity contribution in [3.8, 4) is 17.2 Å². The van der Waals surface area contributed by atoms with Crippen molar-refractivity contribution in [1.82, 2.24) is 5.32 Å². The second-order valence-electron chi connectivity index (χ2n) is 4.15. The van der Waals surface area contributed by atoms with E-state index in [1.54, 1.807) is 44.5 Å². The van der Waals surface area contributed by atoms with Crippen molar-refractivity contribution < 1.29 is 13.9 Å². The van der Waals surface area contributed by atoms with E-state index in [2.05, 4.69) is 21.2 Å². The van der Waals surface area contributed by atoms with Crippen LogP contribution < -0.4 is 14.8 Å². The first-order chi connectivity index (χ1) is 9.65. The zero-order valence-electron chi connectivity index (χ0n) is 11.2. The van der Waals surface area contributed by atoms with Crippen molar-refractivity contribution in [2.45, 2.75) is 6.54 Å². The summed E-state index contributed by atoms with van der Waals surface area (Å²) in [6, 6.07) is 10.1. The molecule has 0 aromatic heterocycles. The van der Waals surface area contributed by atoms with Crippen LogP contribution in [0.5, 0.6) is 17.2 Å². The van der Waals surface area contributed by atoms with Crippen LogP contribution in [0.3, 0.4) is 0 Å². The van der Waals surface area contributed by atoms with Gasteiger partial charge in [-0.3, -0.25) is 0 Å². The van der Waals surface area contributed by atoms with Crippen molar-refractivity contribution in [2.75, 3.05) is 14.2 Å². The van der Waals surface area contributed by atoms with Crippen LogP contribution in [0.2, 0.25) is 0 Å². The summed E-state index contributed by atoms with van der Waals surface area (Å²) >= 11 is 3.41. The largest absolute Gasteiger partial charge is 0.497 e. The summed E-state index contributed by atoms with van der Waals surface area (Å²) in [7, 11) is 3.36. The second-order valence-corrected chi connectivity index (χ2v) is 5.00. The van der Waals surface area contributed by atoms with E-state index in [9.17, 15) is 4.39 Å². The van der Waals surface area contributed by atoms with Gasteiger partial charge in [-0.05, 0) is 53.3 Å². The highest BCUT2D eigenvalue weighted by Gasteiger charge is 2.11. The lowest BCUT2D eigenvalue weighted by Gasteiger charge is -2.13. The Bertz CT molecular complexity index is 604. The number of benzene rings is 2. The number of nitrogens with one attached hydrogen (secondary N) is 1. The molecular formula is C15H15BrFNO2. The molecule has 0 atom stereocenters. The molecule has 0 fully saturated rings.